The summed E-state index contributed by atoms with van der Waals surface area (Å²) >= 11 is 8.66. The lowest BCUT2D eigenvalue weighted by Gasteiger charge is -2.08. The quantitative estimate of drug-likeness (QED) is 0.427. The zero-order valence-electron chi connectivity index (χ0n) is 15.5. The first-order chi connectivity index (χ1) is 14.6. The molecule has 0 atom stereocenters. The predicted octanol–water partition coefficient (Wildman–Crippen LogP) is 4.22. The van der Waals surface area contributed by atoms with Crippen LogP contribution in [0.4, 0.5) is 5.95 Å². The summed E-state index contributed by atoms with van der Waals surface area (Å²) in [5.74, 6) is -0.0838. The third kappa shape index (κ3) is 4.58. The van der Waals surface area contributed by atoms with Gasteiger partial charge in [0.15, 0.2) is 5.11 Å². The first-order valence-corrected chi connectivity index (χ1v) is 10.1. The summed E-state index contributed by atoms with van der Waals surface area (Å²) in [7, 11) is 0. The van der Waals surface area contributed by atoms with Crippen LogP contribution in [-0.4, -0.2) is 30.8 Å². The van der Waals surface area contributed by atoms with Gasteiger partial charge in [-0.3, -0.25) is 10.1 Å². The lowest BCUT2D eigenvalue weighted by molar-refractivity contribution is 0.0978. The monoisotopic (exact) mass is 478 g/mol. The molecule has 2 aromatic carbocycles. The molecule has 0 radical (unpaired) electrons. The highest BCUT2D eigenvalue weighted by atomic mass is 79.9. The number of hydrogen-bond donors (Lipinski definition) is 2. The summed E-state index contributed by atoms with van der Waals surface area (Å²) in [5, 5.41) is 10.2. The summed E-state index contributed by atoms with van der Waals surface area (Å²) in [6.07, 6.45) is 4.84. The number of anilines is 1. The number of nitrogens with zero attached hydrogens (tertiary/aromatic N) is 4. The number of rotatable bonds is 4. The highest BCUT2D eigenvalue weighted by Gasteiger charge is 2.20. The molecule has 0 fully saturated rings. The SMILES string of the molecule is O=C(NC(=S)Nc1ncccn1)c1cn(-c2ccccc2)nc1-c1ccc(Br)cc1. The van der Waals surface area contributed by atoms with Crippen LogP contribution in [0.3, 0.4) is 0 Å². The largest absolute Gasteiger partial charge is 0.301 e. The van der Waals surface area contributed by atoms with Crippen LogP contribution in [0.25, 0.3) is 16.9 Å². The second-order valence-electron chi connectivity index (χ2n) is 6.16. The first kappa shape index (κ1) is 19.9. The average molecular weight is 479 g/mol. The van der Waals surface area contributed by atoms with Gasteiger partial charge >= 0.3 is 0 Å². The van der Waals surface area contributed by atoms with Gasteiger partial charge in [0, 0.05) is 28.6 Å². The molecule has 2 N–H and O–H groups in total. The number of aromatic nitrogens is 4. The van der Waals surface area contributed by atoms with Crippen molar-refractivity contribution in [2.24, 2.45) is 0 Å². The van der Waals surface area contributed by atoms with Gasteiger partial charge in [0.1, 0.15) is 5.69 Å². The van der Waals surface area contributed by atoms with Gasteiger partial charge in [-0.2, -0.15) is 5.10 Å². The number of benzene rings is 2. The topological polar surface area (TPSA) is 84.7 Å². The number of para-hydroxylation sites is 1. The molecule has 0 spiro atoms. The Labute approximate surface area is 186 Å². The van der Waals surface area contributed by atoms with Gasteiger partial charge < -0.3 is 5.32 Å². The molecule has 1 amide bonds. The Morgan fingerprint density at radius 3 is 2.37 bits per heavy atom. The van der Waals surface area contributed by atoms with Crippen LogP contribution in [-0.2, 0) is 0 Å². The van der Waals surface area contributed by atoms with Gasteiger partial charge in [-0.25, -0.2) is 14.6 Å². The summed E-state index contributed by atoms with van der Waals surface area (Å²) < 4.78 is 2.61. The average Bonchev–Trinajstić information content (AvgIpc) is 3.21. The molecule has 2 heterocycles. The fourth-order valence-corrected chi connectivity index (χ4v) is 3.19. The van der Waals surface area contributed by atoms with Crippen LogP contribution >= 0.6 is 28.1 Å². The van der Waals surface area contributed by atoms with Crippen molar-refractivity contribution in [3.63, 3.8) is 0 Å². The van der Waals surface area contributed by atoms with Crippen molar-refractivity contribution in [2.45, 2.75) is 0 Å². The summed E-state index contributed by atoms with van der Waals surface area (Å²) in [4.78, 5) is 21.1. The molecule has 0 saturated heterocycles. The van der Waals surface area contributed by atoms with E-state index in [0.717, 1.165) is 15.7 Å². The Kier molecular flexibility index (Phi) is 5.92. The highest BCUT2D eigenvalue weighted by Crippen LogP contribution is 2.25. The standard InChI is InChI=1S/C21H15BrN6OS/c22-15-9-7-14(8-10-15)18-17(13-28(27-18)16-5-2-1-3-6-16)19(29)25-21(30)26-20-23-11-4-12-24-20/h1-13H,(H2,23,24,25,26,29,30). The number of carbonyl (C=O) groups excluding carboxylic acids is 1. The highest BCUT2D eigenvalue weighted by molar-refractivity contribution is 9.10. The smallest absolute Gasteiger partial charge is 0.261 e. The van der Waals surface area contributed by atoms with Gasteiger partial charge in [0.05, 0.1) is 11.3 Å². The van der Waals surface area contributed by atoms with Crippen molar-refractivity contribution in [1.29, 1.82) is 0 Å². The minimum absolute atomic E-state index is 0.0976. The van der Waals surface area contributed by atoms with E-state index >= 15 is 0 Å². The van der Waals surface area contributed by atoms with E-state index in [2.05, 4.69) is 41.6 Å². The lowest BCUT2D eigenvalue weighted by atomic mass is 10.1. The van der Waals surface area contributed by atoms with Gasteiger partial charge in [-0.05, 0) is 42.5 Å². The first-order valence-electron chi connectivity index (χ1n) is 8.90. The summed E-state index contributed by atoms with van der Waals surface area (Å²) in [6.45, 7) is 0. The molecule has 4 rings (SSSR count). The van der Waals surface area contributed by atoms with Crippen LogP contribution in [0, 0.1) is 0 Å². The molecule has 2 aromatic heterocycles. The van der Waals surface area contributed by atoms with E-state index in [4.69, 9.17) is 12.2 Å². The molecule has 148 valence electrons. The van der Waals surface area contributed by atoms with Crippen LogP contribution < -0.4 is 10.6 Å². The van der Waals surface area contributed by atoms with Crippen molar-refractivity contribution < 1.29 is 4.79 Å². The Hall–Kier alpha value is -3.43. The molecule has 0 unspecified atom stereocenters. The maximum atomic E-state index is 13.0. The van der Waals surface area contributed by atoms with Gasteiger partial charge in [-0.1, -0.05) is 46.3 Å². The Morgan fingerprint density at radius 2 is 1.67 bits per heavy atom. The minimum Gasteiger partial charge on any atom is -0.301 e. The third-order valence-electron chi connectivity index (χ3n) is 4.12. The van der Waals surface area contributed by atoms with Crippen LogP contribution in [0.1, 0.15) is 10.4 Å². The van der Waals surface area contributed by atoms with Crippen LogP contribution in [0.5, 0.6) is 0 Å². The molecular formula is C21H15BrN6OS. The predicted molar refractivity (Wildman–Crippen MR) is 122 cm³/mol. The van der Waals surface area contributed by atoms with E-state index in [9.17, 15) is 4.79 Å². The van der Waals surface area contributed by atoms with Gasteiger partial charge in [-0.15, -0.1) is 0 Å². The van der Waals surface area contributed by atoms with Crippen molar-refractivity contribution in [3.05, 3.63) is 89.3 Å². The molecule has 9 heteroatoms. The fraction of sp³-hybridized carbons (Fsp3) is 0. The molecule has 30 heavy (non-hydrogen) atoms. The second kappa shape index (κ2) is 8.93. The second-order valence-corrected chi connectivity index (χ2v) is 7.48. The zero-order chi connectivity index (χ0) is 20.9. The van der Waals surface area contributed by atoms with Gasteiger partial charge in [0.2, 0.25) is 5.95 Å². The van der Waals surface area contributed by atoms with Crippen molar-refractivity contribution >= 4 is 45.1 Å². The molecule has 7 nitrogen and oxygen atoms in total. The summed E-state index contributed by atoms with van der Waals surface area (Å²) in [6, 6.07) is 18.9. The molecule has 0 saturated carbocycles. The molecule has 0 aliphatic heterocycles. The van der Waals surface area contributed by atoms with Crippen LogP contribution in [0.2, 0.25) is 0 Å². The van der Waals surface area contributed by atoms with Gasteiger partial charge in [0.25, 0.3) is 5.91 Å². The van der Waals surface area contributed by atoms with E-state index in [0.29, 0.717) is 17.2 Å². The Morgan fingerprint density at radius 1 is 0.967 bits per heavy atom. The number of amides is 1. The fourth-order valence-electron chi connectivity index (χ4n) is 2.74. The maximum Gasteiger partial charge on any atom is 0.261 e. The number of carbonyl (C=O) groups is 1. The molecule has 4 aromatic rings. The van der Waals surface area contributed by atoms with Crippen molar-refractivity contribution in [2.75, 3.05) is 5.32 Å². The number of halogens is 1. The van der Waals surface area contributed by atoms with E-state index in [1.807, 2.05) is 54.6 Å². The minimum atomic E-state index is -0.386. The number of hydrogen-bond acceptors (Lipinski definition) is 5. The third-order valence-corrected chi connectivity index (χ3v) is 4.85. The number of thiocarbonyl (C=S) groups is 1. The Bertz CT molecular complexity index is 1180. The molecule has 0 aliphatic carbocycles. The van der Waals surface area contributed by atoms with Crippen LogP contribution in [0.15, 0.2) is 83.7 Å². The summed E-state index contributed by atoms with van der Waals surface area (Å²) in [5.41, 5.74) is 2.58. The molecule has 0 aliphatic rings. The van der Waals surface area contributed by atoms with E-state index < -0.39 is 0 Å². The number of nitrogens with one attached hydrogen (secondary N) is 2. The zero-order valence-corrected chi connectivity index (χ0v) is 17.9. The maximum absolute atomic E-state index is 13.0. The molecular weight excluding hydrogens is 464 g/mol. The van der Waals surface area contributed by atoms with Crippen molar-refractivity contribution in [1.82, 2.24) is 25.1 Å². The van der Waals surface area contributed by atoms with E-state index in [-0.39, 0.29) is 11.0 Å². The van der Waals surface area contributed by atoms with E-state index in [1.54, 1.807) is 29.3 Å². The normalized spacial score (nSPS) is 10.4. The van der Waals surface area contributed by atoms with Crippen molar-refractivity contribution in [3.8, 4) is 16.9 Å². The van der Waals surface area contributed by atoms with E-state index in [1.165, 1.54) is 0 Å². The lowest BCUT2D eigenvalue weighted by Crippen LogP contribution is -2.34. The molecule has 0 bridgehead atoms. The Balaban J connectivity index is 1.65.